The van der Waals surface area contributed by atoms with Crippen molar-refractivity contribution in [3.05, 3.63) is 22.8 Å². The van der Waals surface area contributed by atoms with Crippen LogP contribution in [-0.4, -0.2) is 16.9 Å². The lowest BCUT2D eigenvalue weighted by Gasteiger charge is -2.14. The first-order valence-corrected chi connectivity index (χ1v) is 5.08. The predicted molar refractivity (Wildman–Crippen MR) is 60.9 cm³/mol. The van der Waals surface area contributed by atoms with E-state index in [1.807, 2.05) is 6.07 Å². The van der Waals surface area contributed by atoms with Gasteiger partial charge in [0.25, 0.3) is 0 Å². The number of nitrogens with one attached hydrogen (secondary N) is 1. The Morgan fingerprint density at radius 2 is 2.44 bits per heavy atom. The summed E-state index contributed by atoms with van der Waals surface area (Å²) in [6, 6.07) is 4.44. The van der Waals surface area contributed by atoms with Gasteiger partial charge < -0.3 is 11.1 Å². The number of anilines is 1. The Kier molecular flexibility index (Phi) is 4.09. The number of hydrogen-bond donors (Lipinski definition) is 2. The van der Waals surface area contributed by atoms with E-state index in [0.717, 1.165) is 0 Å². The maximum atomic E-state index is 11.0. The lowest BCUT2D eigenvalue weighted by molar-refractivity contribution is -0.118. The molecule has 0 radical (unpaired) electrons. The molecule has 0 aromatic carbocycles. The zero-order valence-corrected chi connectivity index (χ0v) is 9.45. The minimum absolute atomic E-state index is 0.251. The molecular formula is C10H11ClN4O. The van der Waals surface area contributed by atoms with Crippen molar-refractivity contribution in [3.63, 3.8) is 0 Å². The molecule has 0 fully saturated rings. The molecule has 0 spiro atoms. The Labute approximate surface area is 98.2 Å². The number of nitrogens with zero attached hydrogens (tertiary/aromatic N) is 2. The number of nitriles is 1. The Morgan fingerprint density at radius 1 is 1.75 bits per heavy atom. The van der Waals surface area contributed by atoms with Gasteiger partial charge in [0.15, 0.2) is 0 Å². The summed E-state index contributed by atoms with van der Waals surface area (Å²) in [7, 11) is 0. The highest BCUT2D eigenvalue weighted by Gasteiger charge is 2.15. The molecule has 1 aromatic rings. The van der Waals surface area contributed by atoms with E-state index in [4.69, 9.17) is 22.6 Å². The molecule has 0 bridgehead atoms. The van der Waals surface area contributed by atoms with Crippen molar-refractivity contribution < 1.29 is 4.79 Å². The van der Waals surface area contributed by atoms with Crippen LogP contribution in [0.5, 0.6) is 0 Å². The Balaban J connectivity index is 2.99. The van der Waals surface area contributed by atoms with Gasteiger partial charge in [-0.2, -0.15) is 5.26 Å². The number of amides is 1. The second-order valence-corrected chi connectivity index (χ2v) is 3.54. The van der Waals surface area contributed by atoms with Gasteiger partial charge in [-0.15, -0.1) is 0 Å². The Morgan fingerprint density at radius 3 is 2.94 bits per heavy atom. The smallest absolute Gasteiger partial charge is 0.239 e. The molecule has 84 valence electrons. The van der Waals surface area contributed by atoms with E-state index >= 15 is 0 Å². The highest BCUT2D eigenvalue weighted by Crippen LogP contribution is 2.16. The zero-order valence-electron chi connectivity index (χ0n) is 8.70. The van der Waals surface area contributed by atoms with Crippen molar-refractivity contribution in [1.29, 1.82) is 5.26 Å². The number of carbonyl (C=O) groups is 1. The van der Waals surface area contributed by atoms with Crippen LogP contribution in [0.1, 0.15) is 18.9 Å². The van der Waals surface area contributed by atoms with Gasteiger partial charge in [0.1, 0.15) is 23.1 Å². The number of rotatable bonds is 4. The van der Waals surface area contributed by atoms with Gasteiger partial charge in [-0.1, -0.05) is 18.5 Å². The number of halogens is 1. The van der Waals surface area contributed by atoms with Gasteiger partial charge in [0.2, 0.25) is 5.91 Å². The molecule has 5 nitrogen and oxygen atoms in total. The van der Waals surface area contributed by atoms with Crippen molar-refractivity contribution in [2.45, 2.75) is 19.4 Å². The molecule has 16 heavy (non-hydrogen) atoms. The maximum Gasteiger partial charge on any atom is 0.239 e. The van der Waals surface area contributed by atoms with Crippen LogP contribution in [0.15, 0.2) is 12.1 Å². The van der Waals surface area contributed by atoms with Crippen LogP contribution < -0.4 is 11.1 Å². The van der Waals surface area contributed by atoms with Gasteiger partial charge in [0.05, 0.1) is 5.56 Å². The van der Waals surface area contributed by atoms with E-state index in [1.54, 1.807) is 6.92 Å². The largest absolute Gasteiger partial charge is 0.368 e. The summed E-state index contributed by atoms with van der Waals surface area (Å²) in [5, 5.41) is 11.9. The molecule has 0 aliphatic heterocycles. The third-order valence-corrected chi connectivity index (χ3v) is 2.25. The van der Waals surface area contributed by atoms with E-state index in [2.05, 4.69) is 10.3 Å². The number of carbonyl (C=O) groups excluding carboxylic acids is 1. The van der Waals surface area contributed by atoms with Crippen molar-refractivity contribution in [3.8, 4) is 6.07 Å². The third-order valence-electron chi connectivity index (χ3n) is 2.04. The zero-order chi connectivity index (χ0) is 12.1. The monoisotopic (exact) mass is 238 g/mol. The van der Waals surface area contributed by atoms with Crippen molar-refractivity contribution in [2.75, 3.05) is 5.32 Å². The fraction of sp³-hybridized carbons (Fsp3) is 0.300. The lowest BCUT2D eigenvalue weighted by atomic mass is 10.2. The molecule has 1 aromatic heterocycles. The van der Waals surface area contributed by atoms with Crippen LogP contribution in [0.3, 0.4) is 0 Å². The lowest BCUT2D eigenvalue weighted by Crippen LogP contribution is -2.35. The molecule has 1 heterocycles. The first kappa shape index (κ1) is 12.3. The van der Waals surface area contributed by atoms with Crippen LogP contribution in [0.2, 0.25) is 5.15 Å². The molecule has 3 N–H and O–H groups in total. The average Bonchev–Trinajstić information content (AvgIpc) is 2.25. The summed E-state index contributed by atoms with van der Waals surface area (Å²) >= 11 is 5.70. The topological polar surface area (TPSA) is 91.8 Å². The number of primary amides is 1. The van der Waals surface area contributed by atoms with Crippen LogP contribution in [0, 0.1) is 11.3 Å². The fourth-order valence-corrected chi connectivity index (χ4v) is 1.32. The molecule has 0 unspecified atom stereocenters. The van der Waals surface area contributed by atoms with E-state index in [-0.39, 0.29) is 11.0 Å². The second-order valence-electron chi connectivity index (χ2n) is 3.15. The molecule has 0 aliphatic carbocycles. The van der Waals surface area contributed by atoms with Gasteiger partial charge in [0, 0.05) is 0 Å². The average molecular weight is 239 g/mol. The number of hydrogen-bond acceptors (Lipinski definition) is 4. The normalized spacial score (nSPS) is 11.6. The summed E-state index contributed by atoms with van der Waals surface area (Å²) in [6.07, 6.45) is 0.508. The van der Waals surface area contributed by atoms with E-state index in [0.29, 0.717) is 12.0 Å². The van der Waals surface area contributed by atoms with Gasteiger partial charge in [-0.25, -0.2) is 4.98 Å². The minimum atomic E-state index is -0.557. The summed E-state index contributed by atoms with van der Waals surface area (Å²) in [5.74, 6) is -0.214. The fourth-order valence-electron chi connectivity index (χ4n) is 1.17. The standard InChI is InChI=1S/C10H11ClN4O/c1-2-7(9(13)16)14-10-6(5-12)3-4-8(11)15-10/h3-4,7H,2H2,1H3,(H2,13,16)(H,14,15)/t7-/m1/s1. The summed E-state index contributed by atoms with van der Waals surface area (Å²) < 4.78 is 0. The molecule has 0 aliphatic rings. The summed E-state index contributed by atoms with van der Waals surface area (Å²) in [6.45, 7) is 1.80. The van der Waals surface area contributed by atoms with Crippen LogP contribution in [0.4, 0.5) is 5.82 Å². The first-order chi connectivity index (χ1) is 7.58. The summed E-state index contributed by atoms with van der Waals surface area (Å²) in [4.78, 5) is 15.0. The highest BCUT2D eigenvalue weighted by atomic mass is 35.5. The van der Waals surface area contributed by atoms with Crippen molar-refractivity contribution >= 4 is 23.3 Å². The Bertz CT molecular complexity index is 441. The summed E-state index contributed by atoms with van der Waals surface area (Å²) in [5.41, 5.74) is 5.50. The molecule has 6 heteroatoms. The molecule has 0 saturated carbocycles. The van der Waals surface area contributed by atoms with Crippen molar-refractivity contribution in [2.24, 2.45) is 5.73 Å². The molecule has 0 saturated heterocycles. The molecule has 1 atom stereocenters. The molecule has 1 rings (SSSR count). The predicted octanol–water partition coefficient (Wildman–Crippen LogP) is 1.28. The number of aromatic nitrogens is 1. The third kappa shape index (κ3) is 2.84. The number of nitrogens with two attached hydrogens (primary N) is 1. The molecule has 1 amide bonds. The van der Waals surface area contributed by atoms with Gasteiger partial charge in [-0.05, 0) is 18.6 Å². The van der Waals surface area contributed by atoms with E-state index < -0.39 is 11.9 Å². The van der Waals surface area contributed by atoms with E-state index in [9.17, 15) is 4.79 Å². The second kappa shape index (κ2) is 5.33. The van der Waals surface area contributed by atoms with Crippen molar-refractivity contribution in [1.82, 2.24) is 4.98 Å². The van der Waals surface area contributed by atoms with Gasteiger partial charge in [-0.3, -0.25) is 4.79 Å². The quantitative estimate of drug-likeness (QED) is 0.773. The van der Waals surface area contributed by atoms with E-state index in [1.165, 1.54) is 12.1 Å². The van der Waals surface area contributed by atoms with Crippen LogP contribution in [0.25, 0.3) is 0 Å². The highest BCUT2D eigenvalue weighted by molar-refractivity contribution is 6.29. The van der Waals surface area contributed by atoms with Crippen LogP contribution >= 0.6 is 11.6 Å². The van der Waals surface area contributed by atoms with Crippen LogP contribution in [-0.2, 0) is 4.79 Å². The maximum absolute atomic E-state index is 11.0. The van der Waals surface area contributed by atoms with Gasteiger partial charge >= 0.3 is 0 Å². The SMILES string of the molecule is CC[C@@H](Nc1nc(Cl)ccc1C#N)C(N)=O. The Hall–Kier alpha value is -1.80. The first-order valence-electron chi connectivity index (χ1n) is 4.71. The minimum Gasteiger partial charge on any atom is -0.368 e. The number of pyridine rings is 1. The molecular weight excluding hydrogens is 228 g/mol.